The summed E-state index contributed by atoms with van der Waals surface area (Å²) in [5, 5.41) is 4.16. The molecular weight excluding hydrogens is 390 g/mol. The largest absolute Gasteiger partial charge is 0.331 e. The van der Waals surface area contributed by atoms with Crippen LogP contribution in [0.1, 0.15) is 16.9 Å². The predicted octanol–water partition coefficient (Wildman–Crippen LogP) is 4.13. The van der Waals surface area contributed by atoms with E-state index < -0.39 is 9.84 Å². The van der Waals surface area contributed by atoms with Crippen LogP contribution in [-0.2, 0) is 21.2 Å². The summed E-state index contributed by atoms with van der Waals surface area (Å²) in [5.41, 5.74) is 1.03. The van der Waals surface area contributed by atoms with Crippen LogP contribution in [0.25, 0.3) is 16.8 Å². The number of hydrogen-bond acceptors (Lipinski definition) is 4. The van der Waals surface area contributed by atoms with Gasteiger partial charge in [0.25, 0.3) is 0 Å². The van der Waals surface area contributed by atoms with E-state index >= 15 is 0 Å². The number of fused-ring (bicyclic) bond motifs is 1. The van der Waals surface area contributed by atoms with Crippen molar-refractivity contribution in [1.29, 1.82) is 0 Å². The summed E-state index contributed by atoms with van der Waals surface area (Å²) in [5.74, 6) is 0.0329. The molecule has 0 aliphatic carbocycles. The van der Waals surface area contributed by atoms with Gasteiger partial charge < -0.3 is 4.90 Å². The minimum Gasteiger partial charge on any atom is -0.331 e. The fourth-order valence-corrected chi connectivity index (χ4v) is 6.01. The van der Waals surface area contributed by atoms with Gasteiger partial charge in [0.05, 0.1) is 11.5 Å². The van der Waals surface area contributed by atoms with E-state index in [9.17, 15) is 13.2 Å². The van der Waals surface area contributed by atoms with Gasteiger partial charge in [-0.3, -0.25) is 4.79 Å². The second kappa shape index (κ2) is 7.89. The third kappa shape index (κ3) is 4.18. The van der Waals surface area contributed by atoms with E-state index in [0.29, 0.717) is 13.0 Å². The Morgan fingerprint density at radius 1 is 1.11 bits per heavy atom. The highest BCUT2D eigenvalue weighted by atomic mass is 32.2. The van der Waals surface area contributed by atoms with Gasteiger partial charge in [-0.25, -0.2) is 8.42 Å². The highest BCUT2D eigenvalue weighted by molar-refractivity contribution is 7.91. The average molecular weight is 412 g/mol. The number of rotatable bonds is 5. The molecule has 1 atom stereocenters. The fourth-order valence-electron chi connectivity index (χ4n) is 3.66. The van der Waals surface area contributed by atoms with Crippen molar-refractivity contribution < 1.29 is 13.2 Å². The van der Waals surface area contributed by atoms with Gasteiger partial charge >= 0.3 is 0 Å². The summed E-state index contributed by atoms with van der Waals surface area (Å²) in [6.45, 7) is 0.398. The second-order valence-electron chi connectivity index (χ2n) is 7.01. The number of thiophene rings is 1. The molecule has 0 bridgehead atoms. The number of sulfone groups is 1. The van der Waals surface area contributed by atoms with Gasteiger partial charge in [-0.1, -0.05) is 48.5 Å². The van der Waals surface area contributed by atoms with Crippen LogP contribution in [0.4, 0.5) is 0 Å². The minimum absolute atomic E-state index is 0.0380. The number of carbonyl (C=O) groups excluding carboxylic acids is 1. The first-order valence-corrected chi connectivity index (χ1v) is 11.9. The Balaban J connectivity index is 1.65. The van der Waals surface area contributed by atoms with Gasteiger partial charge in [0, 0.05) is 23.5 Å². The Bertz CT molecular complexity index is 1110. The second-order valence-corrected chi connectivity index (χ2v) is 10.2. The molecule has 0 N–H and O–H groups in total. The molecule has 0 spiro atoms. The van der Waals surface area contributed by atoms with Crippen molar-refractivity contribution in [1.82, 2.24) is 4.90 Å². The van der Waals surface area contributed by atoms with Gasteiger partial charge in [-0.15, -0.1) is 11.3 Å². The first-order valence-electron chi connectivity index (χ1n) is 9.21. The summed E-state index contributed by atoms with van der Waals surface area (Å²) in [6.07, 6.45) is 3.85. The Morgan fingerprint density at radius 2 is 1.93 bits per heavy atom. The molecule has 0 saturated carbocycles. The summed E-state index contributed by atoms with van der Waals surface area (Å²) in [6, 6.07) is 17.7. The Morgan fingerprint density at radius 3 is 2.68 bits per heavy atom. The highest BCUT2D eigenvalue weighted by Crippen LogP contribution is 2.25. The van der Waals surface area contributed by atoms with Crippen molar-refractivity contribution in [2.75, 3.05) is 11.5 Å². The fraction of sp³-hybridized carbons (Fsp3) is 0.227. The molecule has 3 aromatic rings. The van der Waals surface area contributed by atoms with Crippen molar-refractivity contribution in [3.8, 4) is 0 Å². The number of hydrogen-bond donors (Lipinski definition) is 0. The van der Waals surface area contributed by atoms with Crippen molar-refractivity contribution in [3.63, 3.8) is 0 Å². The number of benzene rings is 2. The van der Waals surface area contributed by atoms with Gasteiger partial charge in [0.15, 0.2) is 9.84 Å². The molecule has 4 nitrogen and oxygen atoms in total. The van der Waals surface area contributed by atoms with E-state index in [1.54, 1.807) is 28.4 Å². The van der Waals surface area contributed by atoms with Crippen LogP contribution in [0.5, 0.6) is 0 Å². The van der Waals surface area contributed by atoms with E-state index in [4.69, 9.17) is 0 Å². The maximum absolute atomic E-state index is 13.0. The smallest absolute Gasteiger partial charge is 0.247 e. The quantitative estimate of drug-likeness (QED) is 0.593. The highest BCUT2D eigenvalue weighted by Gasteiger charge is 2.34. The topological polar surface area (TPSA) is 54.5 Å². The van der Waals surface area contributed by atoms with Crippen LogP contribution in [0, 0.1) is 0 Å². The lowest BCUT2D eigenvalue weighted by atomic mass is 10.0. The molecule has 1 fully saturated rings. The molecule has 1 aromatic heterocycles. The maximum atomic E-state index is 13.0. The number of nitrogens with zero attached hydrogens (tertiary/aromatic N) is 1. The average Bonchev–Trinajstić information content (AvgIpc) is 3.33. The molecule has 4 rings (SSSR count). The standard InChI is InChI=1S/C22H21NO3S2/c24-22(11-10-20-8-4-13-27-20)23(19-12-14-28(25,26)16-19)15-18-7-3-6-17-5-1-2-9-21(17)18/h1-11,13,19H,12,14-16H2/b11-10+. The normalized spacial score (nSPS) is 18.6. The van der Waals surface area contributed by atoms with E-state index in [-0.39, 0.29) is 23.5 Å². The van der Waals surface area contributed by atoms with Gasteiger partial charge in [0.2, 0.25) is 5.91 Å². The summed E-state index contributed by atoms with van der Waals surface area (Å²) < 4.78 is 24.0. The van der Waals surface area contributed by atoms with Crippen molar-refractivity contribution in [2.24, 2.45) is 0 Å². The molecule has 0 radical (unpaired) electrons. The van der Waals surface area contributed by atoms with E-state index in [1.807, 2.05) is 60.0 Å². The molecule has 6 heteroatoms. The van der Waals surface area contributed by atoms with Crippen molar-refractivity contribution >= 4 is 43.9 Å². The molecule has 144 valence electrons. The molecular formula is C22H21NO3S2. The van der Waals surface area contributed by atoms with E-state index in [2.05, 4.69) is 0 Å². The first kappa shape index (κ1) is 18.9. The Kier molecular flexibility index (Phi) is 5.33. The lowest BCUT2D eigenvalue weighted by Gasteiger charge is -2.28. The molecule has 1 aliphatic rings. The Labute approximate surface area is 169 Å². The minimum atomic E-state index is -3.08. The third-order valence-corrected chi connectivity index (χ3v) is 7.67. The van der Waals surface area contributed by atoms with Gasteiger partial charge in [-0.05, 0) is 40.3 Å². The predicted molar refractivity (Wildman–Crippen MR) is 115 cm³/mol. The van der Waals surface area contributed by atoms with Gasteiger partial charge in [-0.2, -0.15) is 0 Å². The van der Waals surface area contributed by atoms with Crippen LogP contribution in [0.2, 0.25) is 0 Å². The molecule has 1 saturated heterocycles. The lowest BCUT2D eigenvalue weighted by Crippen LogP contribution is -2.39. The molecule has 1 unspecified atom stereocenters. The summed E-state index contributed by atoms with van der Waals surface area (Å²) in [7, 11) is -3.08. The number of carbonyl (C=O) groups is 1. The van der Waals surface area contributed by atoms with Crippen LogP contribution < -0.4 is 0 Å². The zero-order valence-electron chi connectivity index (χ0n) is 15.3. The van der Waals surface area contributed by atoms with Crippen LogP contribution in [-0.4, -0.2) is 36.8 Å². The maximum Gasteiger partial charge on any atom is 0.247 e. The lowest BCUT2D eigenvalue weighted by molar-refractivity contribution is -0.128. The molecule has 1 amide bonds. The monoisotopic (exact) mass is 411 g/mol. The van der Waals surface area contributed by atoms with E-state index in [0.717, 1.165) is 21.2 Å². The zero-order valence-corrected chi connectivity index (χ0v) is 17.0. The zero-order chi connectivity index (χ0) is 19.6. The summed E-state index contributed by atoms with van der Waals surface area (Å²) >= 11 is 1.56. The van der Waals surface area contributed by atoms with Crippen molar-refractivity contribution in [2.45, 2.75) is 19.0 Å². The molecule has 2 aromatic carbocycles. The molecule has 2 heterocycles. The molecule has 28 heavy (non-hydrogen) atoms. The first-order chi connectivity index (χ1) is 13.5. The number of amides is 1. The van der Waals surface area contributed by atoms with Crippen LogP contribution in [0.15, 0.2) is 66.1 Å². The SMILES string of the molecule is O=C(/C=C/c1cccs1)N(Cc1cccc2ccccc12)C1CCS(=O)(=O)C1. The van der Waals surface area contributed by atoms with Crippen LogP contribution in [0.3, 0.4) is 0 Å². The third-order valence-electron chi connectivity index (χ3n) is 5.09. The van der Waals surface area contributed by atoms with Crippen molar-refractivity contribution in [3.05, 3.63) is 76.5 Å². The van der Waals surface area contributed by atoms with Gasteiger partial charge in [0.1, 0.15) is 0 Å². The van der Waals surface area contributed by atoms with Crippen LogP contribution >= 0.6 is 11.3 Å². The summed E-state index contributed by atoms with van der Waals surface area (Å²) in [4.78, 5) is 15.7. The van der Waals surface area contributed by atoms with E-state index in [1.165, 1.54) is 0 Å². The Hall–Kier alpha value is -2.44. The molecule has 1 aliphatic heterocycles.